The average molecular weight is 476 g/mol. The number of carbonyl (C=O) groups excluding carboxylic acids is 2. The highest BCUT2D eigenvalue weighted by molar-refractivity contribution is 9.10. The first-order valence-corrected chi connectivity index (χ1v) is 10.7. The lowest BCUT2D eigenvalue weighted by Crippen LogP contribution is -2.50. The molecule has 0 saturated heterocycles. The van der Waals surface area contributed by atoms with E-state index >= 15 is 0 Å². The van der Waals surface area contributed by atoms with Crippen LogP contribution in [0.2, 0.25) is 0 Å². The Balaban J connectivity index is 1.90. The smallest absolute Gasteiger partial charge is 0.259 e. The van der Waals surface area contributed by atoms with Gasteiger partial charge in [-0.05, 0) is 41.1 Å². The third-order valence-corrected chi connectivity index (χ3v) is 5.74. The number of benzene rings is 1. The summed E-state index contributed by atoms with van der Waals surface area (Å²) in [4.78, 5) is 33.5. The number of rotatable bonds is 5. The zero-order valence-electron chi connectivity index (χ0n) is 17.3. The van der Waals surface area contributed by atoms with Crippen LogP contribution >= 0.6 is 15.9 Å². The normalized spacial score (nSPS) is 19.9. The van der Waals surface area contributed by atoms with Crippen LogP contribution in [0.15, 0.2) is 47.1 Å². The predicted octanol–water partition coefficient (Wildman–Crippen LogP) is 2.84. The molecular weight excluding hydrogens is 450 g/mol. The molecule has 30 heavy (non-hydrogen) atoms. The van der Waals surface area contributed by atoms with Crippen molar-refractivity contribution in [2.45, 2.75) is 26.0 Å². The topological polar surface area (TPSA) is 83.0 Å². The number of aliphatic hydroxyl groups excluding tert-OH is 1. The van der Waals surface area contributed by atoms with Gasteiger partial charge in [0.15, 0.2) is 0 Å². The number of nitrogens with zero attached hydrogens (tertiary/aromatic N) is 3. The van der Waals surface area contributed by atoms with E-state index in [1.807, 2.05) is 25.1 Å². The van der Waals surface area contributed by atoms with Gasteiger partial charge in [0.1, 0.15) is 11.7 Å². The highest BCUT2D eigenvalue weighted by Crippen LogP contribution is 2.28. The molecule has 1 N–H and O–H groups in total. The number of halogens is 1. The molecule has 3 atom stereocenters. The van der Waals surface area contributed by atoms with Crippen molar-refractivity contribution < 1.29 is 19.4 Å². The molecule has 1 aliphatic heterocycles. The lowest BCUT2D eigenvalue weighted by Gasteiger charge is -2.37. The Kier molecular flexibility index (Phi) is 7.10. The molecule has 0 unspecified atom stereocenters. The summed E-state index contributed by atoms with van der Waals surface area (Å²) in [5, 5.41) is 9.66. The fraction of sp³-hybridized carbons (Fsp3) is 0.409. The number of aliphatic hydroxyl groups is 1. The second-order valence-corrected chi connectivity index (χ2v) is 8.60. The Morgan fingerprint density at radius 1 is 1.40 bits per heavy atom. The third kappa shape index (κ3) is 4.82. The number of amides is 2. The SMILES string of the molecule is C[C@@H]1CN([C@H](C)CO)C(=O)c2cc(Br)cnc2O[C@@H]1CN(C)C(=O)c1ccccc1. The van der Waals surface area contributed by atoms with Crippen LogP contribution in [0.4, 0.5) is 0 Å². The number of likely N-dealkylation sites (N-methyl/N-ethyl adjacent to an activating group) is 1. The van der Waals surface area contributed by atoms with E-state index < -0.39 is 0 Å². The summed E-state index contributed by atoms with van der Waals surface area (Å²) < 4.78 is 6.82. The molecule has 2 heterocycles. The number of fused-ring (bicyclic) bond motifs is 1. The molecule has 1 aromatic carbocycles. The molecular formula is C22H26BrN3O4. The number of ether oxygens (including phenoxy) is 1. The highest BCUT2D eigenvalue weighted by atomic mass is 79.9. The Morgan fingerprint density at radius 3 is 2.77 bits per heavy atom. The van der Waals surface area contributed by atoms with Gasteiger partial charge in [-0.25, -0.2) is 4.98 Å². The van der Waals surface area contributed by atoms with Crippen LogP contribution in [0, 0.1) is 5.92 Å². The molecule has 160 valence electrons. The van der Waals surface area contributed by atoms with Crippen LogP contribution in [-0.2, 0) is 0 Å². The molecule has 2 amide bonds. The number of carbonyl (C=O) groups is 2. The Labute approximate surface area is 184 Å². The van der Waals surface area contributed by atoms with Gasteiger partial charge in [0.25, 0.3) is 11.8 Å². The fourth-order valence-electron chi connectivity index (χ4n) is 3.45. The van der Waals surface area contributed by atoms with Crippen molar-refractivity contribution in [3.8, 4) is 5.88 Å². The molecule has 0 aliphatic carbocycles. The van der Waals surface area contributed by atoms with E-state index in [2.05, 4.69) is 20.9 Å². The first-order chi connectivity index (χ1) is 14.3. The minimum Gasteiger partial charge on any atom is -0.472 e. The van der Waals surface area contributed by atoms with E-state index in [0.717, 1.165) is 0 Å². The van der Waals surface area contributed by atoms with Crippen molar-refractivity contribution in [2.75, 3.05) is 26.7 Å². The summed E-state index contributed by atoms with van der Waals surface area (Å²) in [5.41, 5.74) is 0.935. The first kappa shape index (κ1) is 22.2. The standard InChI is InChI=1S/C22H26BrN3O4/c1-14-11-26(15(2)13-27)22(29)18-9-17(23)10-24-20(18)30-19(14)12-25(3)21(28)16-7-5-4-6-8-16/h4-10,14-15,19,27H,11-13H2,1-3H3/t14-,15-,19-/m1/s1. The molecule has 3 rings (SSSR count). The van der Waals surface area contributed by atoms with Crippen LogP contribution in [-0.4, -0.2) is 70.6 Å². The van der Waals surface area contributed by atoms with Crippen molar-refractivity contribution in [3.05, 3.63) is 58.2 Å². The summed E-state index contributed by atoms with van der Waals surface area (Å²) in [6.07, 6.45) is 1.20. The van der Waals surface area contributed by atoms with Gasteiger partial charge in [-0.1, -0.05) is 25.1 Å². The maximum absolute atomic E-state index is 13.1. The monoisotopic (exact) mass is 475 g/mol. The van der Waals surface area contributed by atoms with E-state index in [0.29, 0.717) is 28.7 Å². The number of hydrogen-bond donors (Lipinski definition) is 1. The van der Waals surface area contributed by atoms with E-state index in [4.69, 9.17) is 4.74 Å². The molecule has 7 nitrogen and oxygen atoms in total. The van der Waals surface area contributed by atoms with Crippen LogP contribution in [0.25, 0.3) is 0 Å². The first-order valence-electron chi connectivity index (χ1n) is 9.86. The van der Waals surface area contributed by atoms with Gasteiger partial charge in [-0.2, -0.15) is 0 Å². The zero-order chi connectivity index (χ0) is 21.8. The second kappa shape index (κ2) is 9.57. The molecule has 0 fully saturated rings. The van der Waals surface area contributed by atoms with E-state index in [1.165, 1.54) is 0 Å². The molecule has 0 radical (unpaired) electrons. The molecule has 0 bridgehead atoms. The van der Waals surface area contributed by atoms with Gasteiger partial charge in [0, 0.05) is 35.7 Å². The highest BCUT2D eigenvalue weighted by Gasteiger charge is 2.34. The lowest BCUT2D eigenvalue weighted by molar-refractivity contribution is 0.0313. The van der Waals surface area contributed by atoms with Crippen LogP contribution in [0.3, 0.4) is 0 Å². The van der Waals surface area contributed by atoms with E-state index in [1.54, 1.807) is 48.2 Å². The maximum atomic E-state index is 13.1. The quantitative estimate of drug-likeness (QED) is 0.718. The number of hydrogen-bond acceptors (Lipinski definition) is 5. The Bertz CT molecular complexity index is 909. The molecule has 1 aliphatic rings. The van der Waals surface area contributed by atoms with Crippen LogP contribution in [0.5, 0.6) is 5.88 Å². The van der Waals surface area contributed by atoms with Crippen LogP contribution < -0.4 is 4.74 Å². The van der Waals surface area contributed by atoms with E-state index in [-0.39, 0.29) is 42.4 Å². The molecule has 0 spiro atoms. The second-order valence-electron chi connectivity index (χ2n) is 7.68. The number of pyridine rings is 1. The van der Waals surface area contributed by atoms with E-state index in [9.17, 15) is 14.7 Å². The summed E-state index contributed by atoms with van der Waals surface area (Å²) in [6.45, 7) is 4.36. The van der Waals surface area contributed by atoms with Gasteiger partial charge in [-0.15, -0.1) is 0 Å². The molecule has 1 aromatic heterocycles. The third-order valence-electron chi connectivity index (χ3n) is 5.31. The lowest BCUT2D eigenvalue weighted by atomic mass is 10.00. The van der Waals surface area contributed by atoms with Gasteiger partial charge in [0.05, 0.1) is 19.2 Å². The summed E-state index contributed by atoms with van der Waals surface area (Å²) in [7, 11) is 1.74. The largest absolute Gasteiger partial charge is 0.472 e. The van der Waals surface area contributed by atoms with Gasteiger partial charge < -0.3 is 19.6 Å². The molecule has 8 heteroatoms. The summed E-state index contributed by atoms with van der Waals surface area (Å²) in [5.74, 6) is -0.198. The minimum atomic E-state index is -0.378. The average Bonchev–Trinajstić information content (AvgIpc) is 2.76. The summed E-state index contributed by atoms with van der Waals surface area (Å²) in [6, 6.07) is 10.4. The minimum absolute atomic E-state index is 0.0902. The summed E-state index contributed by atoms with van der Waals surface area (Å²) >= 11 is 3.36. The molecule has 0 saturated carbocycles. The Hall–Kier alpha value is -2.45. The van der Waals surface area contributed by atoms with Crippen molar-refractivity contribution in [3.63, 3.8) is 0 Å². The van der Waals surface area contributed by atoms with Crippen LogP contribution in [0.1, 0.15) is 34.6 Å². The molecule has 2 aromatic rings. The van der Waals surface area contributed by atoms with Gasteiger partial charge >= 0.3 is 0 Å². The maximum Gasteiger partial charge on any atom is 0.259 e. The van der Waals surface area contributed by atoms with Crippen molar-refractivity contribution in [2.24, 2.45) is 5.92 Å². The zero-order valence-corrected chi connectivity index (χ0v) is 18.9. The van der Waals surface area contributed by atoms with Crippen molar-refractivity contribution >= 4 is 27.7 Å². The van der Waals surface area contributed by atoms with Gasteiger partial charge in [0.2, 0.25) is 5.88 Å². The van der Waals surface area contributed by atoms with Gasteiger partial charge in [-0.3, -0.25) is 9.59 Å². The van der Waals surface area contributed by atoms with Crippen molar-refractivity contribution in [1.82, 2.24) is 14.8 Å². The fourth-order valence-corrected chi connectivity index (χ4v) is 3.78. The number of aromatic nitrogens is 1. The Morgan fingerprint density at radius 2 is 2.10 bits per heavy atom. The van der Waals surface area contributed by atoms with Crippen molar-refractivity contribution in [1.29, 1.82) is 0 Å². The predicted molar refractivity (Wildman–Crippen MR) is 117 cm³/mol.